The van der Waals surface area contributed by atoms with E-state index in [1.807, 2.05) is 0 Å². The summed E-state index contributed by atoms with van der Waals surface area (Å²) in [5.74, 6) is 0.0254. The summed E-state index contributed by atoms with van der Waals surface area (Å²) in [5.41, 5.74) is 5.47. The monoisotopic (exact) mass is 395 g/mol. The molecule has 5 heteroatoms. The van der Waals surface area contributed by atoms with Crippen LogP contribution in [0.25, 0.3) is 0 Å². The number of ether oxygens (including phenoxy) is 1. The Balaban J connectivity index is 1.38. The standard InChI is InChI=1S/C24H33N3O2/c1-18-16-23(19(2)27(18)22-6-4-3-5-7-22)24(28)25-17-20-8-10-21(11-9-20)26-12-14-29-15-13-26/h8-11,16,22H,3-7,12-15,17H2,1-2H3,(H,25,28). The van der Waals surface area contributed by atoms with Gasteiger partial charge in [0, 0.05) is 42.8 Å². The number of aromatic nitrogens is 1. The molecule has 0 spiro atoms. The van der Waals surface area contributed by atoms with Crippen molar-refractivity contribution in [1.82, 2.24) is 9.88 Å². The minimum Gasteiger partial charge on any atom is -0.378 e. The minimum atomic E-state index is 0.0254. The largest absolute Gasteiger partial charge is 0.378 e. The Morgan fingerprint density at radius 1 is 1.07 bits per heavy atom. The molecule has 0 atom stereocenters. The van der Waals surface area contributed by atoms with Crippen molar-refractivity contribution in [2.45, 2.75) is 58.5 Å². The number of rotatable bonds is 5. The van der Waals surface area contributed by atoms with Crippen molar-refractivity contribution in [3.05, 3.63) is 52.8 Å². The van der Waals surface area contributed by atoms with Crippen molar-refractivity contribution in [1.29, 1.82) is 0 Å². The summed E-state index contributed by atoms with van der Waals surface area (Å²) >= 11 is 0. The number of carbonyl (C=O) groups excluding carboxylic acids is 1. The van der Waals surface area contributed by atoms with E-state index in [0.717, 1.165) is 43.1 Å². The Morgan fingerprint density at radius 3 is 2.45 bits per heavy atom. The summed E-state index contributed by atoms with van der Waals surface area (Å²) in [7, 11) is 0. The second-order valence-corrected chi connectivity index (χ2v) is 8.40. The molecule has 156 valence electrons. The number of amides is 1. The molecule has 2 aromatic rings. The molecular formula is C24H33N3O2. The summed E-state index contributed by atoms with van der Waals surface area (Å²) in [6.07, 6.45) is 6.39. The minimum absolute atomic E-state index is 0.0254. The van der Waals surface area contributed by atoms with Gasteiger partial charge in [-0.1, -0.05) is 31.4 Å². The fraction of sp³-hybridized carbons (Fsp3) is 0.542. The van der Waals surface area contributed by atoms with Gasteiger partial charge in [0.1, 0.15) is 0 Å². The molecule has 2 fully saturated rings. The van der Waals surface area contributed by atoms with Crippen molar-refractivity contribution >= 4 is 11.6 Å². The zero-order chi connectivity index (χ0) is 20.2. The predicted molar refractivity (Wildman–Crippen MR) is 117 cm³/mol. The SMILES string of the molecule is Cc1cc(C(=O)NCc2ccc(N3CCOCC3)cc2)c(C)n1C1CCCCC1. The van der Waals surface area contributed by atoms with Crippen molar-refractivity contribution in [3.8, 4) is 0 Å². The van der Waals surface area contributed by atoms with Crippen LogP contribution in [0.5, 0.6) is 0 Å². The maximum absolute atomic E-state index is 12.9. The third-order valence-electron chi connectivity index (χ3n) is 6.43. The van der Waals surface area contributed by atoms with Gasteiger partial charge in [-0.25, -0.2) is 0 Å². The average Bonchev–Trinajstić information content (AvgIpc) is 3.07. The highest BCUT2D eigenvalue weighted by molar-refractivity contribution is 5.95. The molecule has 1 saturated carbocycles. The van der Waals surface area contributed by atoms with Crippen LogP contribution in [0.1, 0.15) is 65.5 Å². The average molecular weight is 396 g/mol. The number of hydrogen-bond acceptors (Lipinski definition) is 3. The maximum atomic E-state index is 12.9. The van der Waals surface area contributed by atoms with E-state index < -0.39 is 0 Å². The quantitative estimate of drug-likeness (QED) is 0.817. The molecule has 1 saturated heterocycles. The van der Waals surface area contributed by atoms with Gasteiger partial charge in [-0.2, -0.15) is 0 Å². The molecule has 0 radical (unpaired) electrons. The number of morpholine rings is 1. The van der Waals surface area contributed by atoms with Crippen molar-refractivity contribution in [3.63, 3.8) is 0 Å². The van der Waals surface area contributed by atoms with Crippen molar-refractivity contribution in [2.24, 2.45) is 0 Å². The number of nitrogens with one attached hydrogen (secondary N) is 1. The van der Waals surface area contributed by atoms with Crippen LogP contribution >= 0.6 is 0 Å². The second-order valence-electron chi connectivity index (χ2n) is 8.40. The Labute approximate surface area is 174 Å². The number of aryl methyl sites for hydroxylation is 1. The molecule has 1 aromatic carbocycles. The summed E-state index contributed by atoms with van der Waals surface area (Å²) < 4.78 is 7.81. The van der Waals surface area contributed by atoms with E-state index in [9.17, 15) is 4.79 Å². The van der Waals surface area contributed by atoms with Crippen LogP contribution in [-0.4, -0.2) is 36.8 Å². The summed E-state index contributed by atoms with van der Waals surface area (Å²) in [6.45, 7) is 8.22. The Kier molecular flexibility index (Phi) is 6.24. The molecule has 1 aromatic heterocycles. The van der Waals surface area contributed by atoms with Crippen LogP contribution in [0.4, 0.5) is 5.69 Å². The smallest absolute Gasteiger partial charge is 0.253 e. The molecule has 0 unspecified atom stereocenters. The van der Waals surface area contributed by atoms with Gasteiger partial charge in [0.25, 0.3) is 5.91 Å². The third-order valence-corrected chi connectivity index (χ3v) is 6.43. The first kappa shape index (κ1) is 20.0. The molecule has 1 N–H and O–H groups in total. The van der Waals surface area contributed by atoms with E-state index in [1.54, 1.807) is 0 Å². The highest BCUT2D eigenvalue weighted by Crippen LogP contribution is 2.32. The topological polar surface area (TPSA) is 46.5 Å². The number of carbonyl (C=O) groups is 1. The molecule has 1 amide bonds. The van der Waals surface area contributed by atoms with Crippen LogP contribution in [0, 0.1) is 13.8 Å². The predicted octanol–water partition coefficient (Wildman–Crippen LogP) is 4.38. The number of anilines is 1. The molecule has 29 heavy (non-hydrogen) atoms. The Morgan fingerprint density at radius 2 is 1.76 bits per heavy atom. The van der Waals surface area contributed by atoms with E-state index in [4.69, 9.17) is 4.74 Å². The molecule has 0 bridgehead atoms. The highest BCUT2D eigenvalue weighted by Gasteiger charge is 2.22. The van der Waals surface area contributed by atoms with Gasteiger partial charge in [0.15, 0.2) is 0 Å². The van der Waals surface area contributed by atoms with E-state index in [2.05, 4.69) is 59.0 Å². The second kappa shape index (κ2) is 9.04. The molecule has 4 rings (SSSR count). The lowest BCUT2D eigenvalue weighted by Gasteiger charge is -2.28. The van der Waals surface area contributed by atoms with Gasteiger partial charge in [0.2, 0.25) is 0 Å². The third kappa shape index (κ3) is 4.50. The van der Waals surface area contributed by atoms with Gasteiger partial charge >= 0.3 is 0 Å². The molecule has 5 nitrogen and oxygen atoms in total. The lowest BCUT2D eigenvalue weighted by molar-refractivity contribution is 0.0950. The van der Waals surface area contributed by atoms with Crippen molar-refractivity contribution < 1.29 is 9.53 Å². The number of hydrogen-bond donors (Lipinski definition) is 1. The van der Waals surface area contributed by atoms with Crippen LogP contribution in [0.2, 0.25) is 0 Å². The van der Waals surface area contributed by atoms with Crippen LogP contribution in [-0.2, 0) is 11.3 Å². The highest BCUT2D eigenvalue weighted by atomic mass is 16.5. The molecule has 1 aliphatic heterocycles. The van der Waals surface area contributed by atoms with Gasteiger partial charge in [-0.05, 0) is 50.5 Å². The fourth-order valence-electron chi connectivity index (χ4n) is 4.83. The zero-order valence-electron chi connectivity index (χ0n) is 17.7. The fourth-order valence-corrected chi connectivity index (χ4v) is 4.83. The van der Waals surface area contributed by atoms with Crippen LogP contribution in [0.3, 0.4) is 0 Å². The van der Waals surface area contributed by atoms with Crippen LogP contribution in [0.15, 0.2) is 30.3 Å². The first-order chi connectivity index (χ1) is 14.1. The molecular weight excluding hydrogens is 362 g/mol. The van der Waals surface area contributed by atoms with E-state index in [-0.39, 0.29) is 5.91 Å². The lowest BCUT2D eigenvalue weighted by atomic mass is 9.95. The maximum Gasteiger partial charge on any atom is 0.253 e. The molecule has 2 heterocycles. The van der Waals surface area contributed by atoms with Gasteiger partial charge < -0.3 is 19.5 Å². The zero-order valence-corrected chi connectivity index (χ0v) is 17.7. The summed E-state index contributed by atoms with van der Waals surface area (Å²) in [5, 5.41) is 3.11. The van der Waals surface area contributed by atoms with Gasteiger partial charge in [-0.15, -0.1) is 0 Å². The molecule has 1 aliphatic carbocycles. The molecule has 2 aliphatic rings. The van der Waals surface area contributed by atoms with E-state index >= 15 is 0 Å². The lowest BCUT2D eigenvalue weighted by Crippen LogP contribution is -2.36. The summed E-state index contributed by atoms with van der Waals surface area (Å²) in [4.78, 5) is 15.2. The van der Waals surface area contributed by atoms with Crippen LogP contribution < -0.4 is 10.2 Å². The van der Waals surface area contributed by atoms with Crippen molar-refractivity contribution in [2.75, 3.05) is 31.2 Å². The first-order valence-corrected chi connectivity index (χ1v) is 11.0. The number of nitrogens with zero attached hydrogens (tertiary/aromatic N) is 2. The van der Waals surface area contributed by atoms with Gasteiger partial charge in [0.05, 0.1) is 18.8 Å². The Bertz CT molecular complexity index is 829. The Hall–Kier alpha value is -2.27. The first-order valence-electron chi connectivity index (χ1n) is 11.0. The normalized spacial score (nSPS) is 18.1. The van der Waals surface area contributed by atoms with E-state index in [1.165, 1.54) is 43.5 Å². The summed E-state index contributed by atoms with van der Waals surface area (Å²) in [6, 6.07) is 11.1. The van der Waals surface area contributed by atoms with Gasteiger partial charge in [-0.3, -0.25) is 4.79 Å². The number of benzene rings is 1. The van der Waals surface area contributed by atoms with E-state index in [0.29, 0.717) is 12.6 Å².